The van der Waals surface area contributed by atoms with Gasteiger partial charge in [0, 0.05) is 11.6 Å². The minimum Gasteiger partial charge on any atom is -0.296 e. The number of carbonyl (C=O) groups is 1. The molecule has 1 aliphatic rings. The smallest absolute Gasteiger partial charge is 0.269 e. The molecule has 1 atom stereocenters. The fourth-order valence-electron chi connectivity index (χ4n) is 0.976. The molecule has 1 saturated heterocycles. The van der Waals surface area contributed by atoms with Crippen LogP contribution in [0.4, 0.5) is 5.95 Å². The number of carbonyl (C=O) groups excluding carboxylic acids is 1. The lowest BCUT2D eigenvalue weighted by Gasteiger charge is -2.06. The molecule has 0 aliphatic carbocycles. The van der Waals surface area contributed by atoms with Crippen LogP contribution in [0.5, 0.6) is 0 Å². The van der Waals surface area contributed by atoms with E-state index in [2.05, 4.69) is 31.3 Å². The molecule has 2 rings (SSSR count). The molecule has 0 spiro atoms. The van der Waals surface area contributed by atoms with Gasteiger partial charge in [-0.15, -0.1) is 16.9 Å². The monoisotopic (exact) mass is 200 g/mol. The number of rotatable bonds is 2. The zero-order valence-corrected chi connectivity index (χ0v) is 7.47. The molecule has 0 bridgehead atoms. The first-order chi connectivity index (χ1) is 6.36. The van der Waals surface area contributed by atoms with Crippen LogP contribution in [-0.2, 0) is 4.79 Å². The van der Waals surface area contributed by atoms with E-state index in [1.54, 1.807) is 11.8 Å². The van der Waals surface area contributed by atoms with Crippen LogP contribution in [0.15, 0.2) is 0 Å². The Kier molecular flexibility index (Phi) is 2.41. The van der Waals surface area contributed by atoms with E-state index in [1.165, 1.54) is 0 Å². The highest BCUT2D eigenvalue weighted by molar-refractivity contribution is 7.99. The molecular weight excluding hydrogens is 192 g/mol. The topological polar surface area (TPSA) is 95.6 Å². The average Bonchev–Trinajstić information content (AvgIpc) is 2.74. The molecule has 0 unspecified atom stereocenters. The van der Waals surface area contributed by atoms with E-state index in [4.69, 9.17) is 0 Å². The Balaban J connectivity index is 1.91. The lowest BCUT2D eigenvalue weighted by atomic mass is 10.3. The quantitative estimate of drug-likeness (QED) is 0.555. The van der Waals surface area contributed by atoms with Gasteiger partial charge in [0.25, 0.3) is 5.95 Å². The lowest BCUT2D eigenvalue weighted by Crippen LogP contribution is -2.37. The van der Waals surface area contributed by atoms with Gasteiger partial charge < -0.3 is 0 Å². The van der Waals surface area contributed by atoms with E-state index in [0.717, 1.165) is 11.6 Å². The maximum absolute atomic E-state index is 11.4. The van der Waals surface area contributed by atoms with Gasteiger partial charge in [0.2, 0.25) is 5.91 Å². The van der Waals surface area contributed by atoms with Gasteiger partial charge in [0.15, 0.2) is 0 Å². The molecule has 1 fully saturated rings. The van der Waals surface area contributed by atoms with Crippen molar-refractivity contribution in [1.82, 2.24) is 25.9 Å². The molecule has 1 amide bonds. The third-order valence-corrected chi connectivity index (χ3v) is 2.55. The van der Waals surface area contributed by atoms with Crippen LogP contribution in [0.25, 0.3) is 0 Å². The van der Waals surface area contributed by atoms with Crippen LogP contribution in [0.1, 0.15) is 0 Å². The van der Waals surface area contributed by atoms with Gasteiger partial charge in [-0.3, -0.25) is 15.4 Å². The number of thioether (sulfide) groups is 1. The predicted molar refractivity (Wildman–Crippen MR) is 47.1 cm³/mol. The highest BCUT2D eigenvalue weighted by Gasteiger charge is 2.23. The summed E-state index contributed by atoms with van der Waals surface area (Å²) >= 11 is 1.69. The number of aromatic nitrogens is 4. The van der Waals surface area contributed by atoms with Gasteiger partial charge in [-0.2, -0.15) is 5.21 Å². The number of nitrogens with one attached hydrogen (secondary N) is 3. The van der Waals surface area contributed by atoms with Gasteiger partial charge in [0.05, 0.1) is 6.04 Å². The van der Waals surface area contributed by atoms with Crippen LogP contribution in [0.3, 0.4) is 0 Å². The van der Waals surface area contributed by atoms with Crippen LogP contribution >= 0.6 is 11.8 Å². The Morgan fingerprint density at radius 2 is 2.62 bits per heavy atom. The van der Waals surface area contributed by atoms with Crippen molar-refractivity contribution in [2.45, 2.75) is 6.04 Å². The van der Waals surface area contributed by atoms with E-state index in [1.807, 2.05) is 0 Å². The molecule has 0 saturated carbocycles. The fraction of sp³-hybridized carbons (Fsp3) is 0.600. The van der Waals surface area contributed by atoms with Crippen molar-refractivity contribution in [3.8, 4) is 0 Å². The van der Waals surface area contributed by atoms with Crippen LogP contribution in [0, 0.1) is 0 Å². The van der Waals surface area contributed by atoms with Gasteiger partial charge >= 0.3 is 0 Å². The second kappa shape index (κ2) is 3.71. The Morgan fingerprint density at radius 3 is 3.23 bits per heavy atom. The van der Waals surface area contributed by atoms with Gasteiger partial charge in [-0.05, 0) is 5.21 Å². The van der Waals surface area contributed by atoms with Gasteiger partial charge in [-0.25, -0.2) is 0 Å². The predicted octanol–water partition coefficient (Wildman–Crippen LogP) is -1.20. The number of H-pyrrole nitrogens is 1. The Hall–Kier alpha value is -1.15. The first-order valence-electron chi connectivity index (χ1n) is 3.72. The largest absolute Gasteiger partial charge is 0.296 e. The fourth-order valence-corrected chi connectivity index (χ4v) is 1.92. The number of hydrogen-bond donors (Lipinski definition) is 3. The Morgan fingerprint density at radius 1 is 1.69 bits per heavy atom. The summed E-state index contributed by atoms with van der Waals surface area (Å²) in [5.74, 6) is 1.68. The summed E-state index contributed by atoms with van der Waals surface area (Å²) in [5, 5.41) is 18.4. The van der Waals surface area contributed by atoms with Crippen molar-refractivity contribution in [2.24, 2.45) is 0 Å². The van der Waals surface area contributed by atoms with E-state index in [9.17, 15) is 4.79 Å². The number of amides is 1. The maximum Gasteiger partial charge on any atom is 0.269 e. The van der Waals surface area contributed by atoms with Crippen LogP contribution < -0.4 is 10.6 Å². The molecule has 0 radical (unpaired) electrons. The van der Waals surface area contributed by atoms with E-state index < -0.39 is 0 Å². The molecule has 2 heterocycles. The molecule has 1 aromatic rings. The first kappa shape index (κ1) is 8.45. The highest BCUT2D eigenvalue weighted by Crippen LogP contribution is 2.10. The van der Waals surface area contributed by atoms with Crippen LogP contribution in [-0.4, -0.2) is 44.2 Å². The third-order valence-electron chi connectivity index (χ3n) is 1.61. The molecular formula is C5H8N6OS. The number of nitrogens with zero attached hydrogens (tertiary/aromatic N) is 3. The van der Waals surface area contributed by atoms with Crippen molar-refractivity contribution in [3.05, 3.63) is 0 Å². The molecule has 13 heavy (non-hydrogen) atoms. The molecule has 8 heteroatoms. The standard InChI is InChI=1S/C5H8N6OS/c12-4(3-1-13-2-6-3)7-5-8-10-11-9-5/h3,6H,1-2H2,(H2,7,8,9,10,11,12)/t3-/m1/s1. The maximum atomic E-state index is 11.4. The number of tetrazole rings is 1. The average molecular weight is 200 g/mol. The van der Waals surface area contributed by atoms with Crippen LogP contribution in [0.2, 0.25) is 0 Å². The van der Waals surface area contributed by atoms with Crippen molar-refractivity contribution in [3.63, 3.8) is 0 Å². The third kappa shape index (κ3) is 1.95. The summed E-state index contributed by atoms with van der Waals surface area (Å²) < 4.78 is 0. The van der Waals surface area contributed by atoms with Crippen molar-refractivity contribution in [2.75, 3.05) is 16.9 Å². The van der Waals surface area contributed by atoms with Crippen molar-refractivity contribution >= 4 is 23.6 Å². The second-order valence-corrected chi connectivity index (χ2v) is 3.53. The zero-order valence-electron chi connectivity index (χ0n) is 6.65. The number of hydrogen-bond acceptors (Lipinski definition) is 6. The summed E-state index contributed by atoms with van der Waals surface area (Å²) in [6.07, 6.45) is 0. The van der Waals surface area contributed by atoms with E-state index >= 15 is 0 Å². The minimum absolute atomic E-state index is 0.119. The molecule has 1 aromatic heterocycles. The molecule has 1 aliphatic heterocycles. The Labute approximate surface area is 78.0 Å². The number of anilines is 1. The van der Waals surface area contributed by atoms with Crippen molar-refractivity contribution in [1.29, 1.82) is 0 Å². The van der Waals surface area contributed by atoms with Crippen molar-refractivity contribution < 1.29 is 4.79 Å². The summed E-state index contributed by atoms with van der Waals surface area (Å²) in [5.41, 5.74) is 0. The SMILES string of the molecule is O=C(Nc1nn[nH]n1)[C@H]1CSCN1. The number of aromatic amines is 1. The van der Waals surface area contributed by atoms with Gasteiger partial charge in [-0.1, -0.05) is 5.10 Å². The molecule has 7 nitrogen and oxygen atoms in total. The summed E-state index contributed by atoms with van der Waals surface area (Å²) in [4.78, 5) is 11.4. The highest BCUT2D eigenvalue weighted by atomic mass is 32.2. The summed E-state index contributed by atoms with van der Waals surface area (Å²) in [6.45, 7) is 0. The normalized spacial score (nSPS) is 21.7. The summed E-state index contributed by atoms with van der Waals surface area (Å²) in [6, 6.07) is -0.150. The Bertz CT molecular complexity index is 281. The second-order valence-electron chi connectivity index (χ2n) is 2.50. The lowest BCUT2D eigenvalue weighted by molar-refractivity contribution is -0.117. The van der Waals surface area contributed by atoms with Gasteiger partial charge in [0.1, 0.15) is 0 Å². The first-order valence-corrected chi connectivity index (χ1v) is 4.87. The molecule has 0 aromatic carbocycles. The molecule has 70 valence electrons. The zero-order chi connectivity index (χ0) is 9.10. The minimum atomic E-state index is -0.150. The summed E-state index contributed by atoms with van der Waals surface area (Å²) in [7, 11) is 0. The molecule has 3 N–H and O–H groups in total. The van der Waals surface area contributed by atoms with E-state index in [0.29, 0.717) is 0 Å². The van der Waals surface area contributed by atoms with E-state index in [-0.39, 0.29) is 17.9 Å².